The lowest BCUT2D eigenvalue weighted by Crippen LogP contribution is -2.06. The fourth-order valence-corrected chi connectivity index (χ4v) is 0.989. The molecule has 0 unspecified atom stereocenters. The number of carbonyl (C=O) groups is 1. The number of benzene rings is 1. The van der Waals surface area contributed by atoms with Gasteiger partial charge in [0, 0.05) is 5.69 Å². The van der Waals surface area contributed by atoms with Gasteiger partial charge in [-0.15, -0.1) is 0 Å². The predicted molar refractivity (Wildman–Crippen MR) is 49.3 cm³/mol. The van der Waals surface area contributed by atoms with Crippen LogP contribution in [-0.2, 0) is 0 Å². The first kappa shape index (κ1) is 10.3. The van der Waals surface area contributed by atoms with Gasteiger partial charge in [0.2, 0.25) is 0 Å². The van der Waals surface area contributed by atoms with Gasteiger partial charge in [-0.05, 0) is 18.2 Å². The number of carboxylic acids is 1. The average Bonchev–Trinajstić information content (AvgIpc) is 2.15. The SMILES string of the molecule is Nc1ccc(OCCF)c(C(=O)O)c1. The standard InChI is InChI=1S/C9H10FNO3/c10-3-4-14-8-2-1-6(11)5-7(8)9(12)13/h1-2,5H,3-4,11H2,(H,12,13). The van der Waals surface area contributed by atoms with Gasteiger partial charge >= 0.3 is 5.97 Å². The quantitative estimate of drug-likeness (QED) is 0.717. The van der Waals surface area contributed by atoms with Crippen molar-refractivity contribution in [2.45, 2.75) is 0 Å². The highest BCUT2D eigenvalue weighted by molar-refractivity contribution is 5.92. The van der Waals surface area contributed by atoms with Crippen LogP contribution in [0.5, 0.6) is 5.75 Å². The summed E-state index contributed by atoms with van der Waals surface area (Å²) in [5.74, 6) is -1.02. The van der Waals surface area contributed by atoms with Gasteiger partial charge in [-0.1, -0.05) is 0 Å². The molecular weight excluding hydrogens is 189 g/mol. The number of hydrogen-bond acceptors (Lipinski definition) is 3. The molecule has 4 nitrogen and oxygen atoms in total. The maximum absolute atomic E-state index is 11.8. The van der Waals surface area contributed by atoms with Crippen LogP contribution in [0, 0.1) is 0 Å². The Morgan fingerprint density at radius 2 is 2.29 bits per heavy atom. The molecular formula is C9H10FNO3. The minimum atomic E-state index is -1.15. The van der Waals surface area contributed by atoms with Gasteiger partial charge < -0.3 is 15.6 Å². The summed E-state index contributed by atoms with van der Waals surface area (Å²) >= 11 is 0. The lowest BCUT2D eigenvalue weighted by Gasteiger charge is -2.07. The first-order chi connectivity index (χ1) is 6.65. The van der Waals surface area contributed by atoms with Crippen LogP contribution in [0.1, 0.15) is 10.4 Å². The smallest absolute Gasteiger partial charge is 0.339 e. The molecule has 0 aliphatic carbocycles. The number of nitrogen functional groups attached to an aromatic ring is 1. The maximum Gasteiger partial charge on any atom is 0.339 e. The van der Waals surface area contributed by atoms with Crippen molar-refractivity contribution in [1.29, 1.82) is 0 Å². The first-order valence-corrected chi connectivity index (χ1v) is 3.96. The molecule has 0 fully saturated rings. The Kier molecular flexibility index (Phi) is 3.28. The van der Waals surface area contributed by atoms with E-state index in [-0.39, 0.29) is 17.9 Å². The van der Waals surface area contributed by atoms with Crippen LogP contribution in [0.2, 0.25) is 0 Å². The topological polar surface area (TPSA) is 72.5 Å². The molecule has 1 aromatic rings. The van der Waals surface area contributed by atoms with E-state index < -0.39 is 12.6 Å². The molecule has 0 saturated carbocycles. The third-order valence-electron chi connectivity index (χ3n) is 1.57. The van der Waals surface area contributed by atoms with E-state index in [1.54, 1.807) is 0 Å². The van der Waals surface area contributed by atoms with E-state index in [9.17, 15) is 9.18 Å². The summed E-state index contributed by atoms with van der Waals surface area (Å²) in [5.41, 5.74) is 5.67. The number of hydrogen-bond donors (Lipinski definition) is 2. The van der Waals surface area contributed by atoms with Crippen molar-refractivity contribution >= 4 is 11.7 Å². The Labute approximate surface area is 80.1 Å². The number of carboxylic acid groups (broad SMARTS) is 1. The molecule has 1 rings (SSSR count). The van der Waals surface area contributed by atoms with Crippen molar-refractivity contribution in [1.82, 2.24) is 0 Å². The monoisotopic (exact) mass is 199 g/mol. The first-order valence-electron chi connectivity index (χ1n) is 3.96. The molecule has 0 aliphatic heterocycles. The van der Waals surface area contributed by atoms with E-state index >= 15 is 0 Å². The van der Waals surface area contributed by atoms with Gasteiger partial charge in [0.1, 0.15) is 24.6 Å². The van der Waals surface area contributed by atoms with Crippen LogP contribution in [0.25, 0.3) is 0 Å². The molecule has 0 aliphatic rings. The van der Waals surface area contributed by atoms with Gasteiger partial charge in [-0.3, -0.25) is 0 Å². The normalized spacial score (nSPS) is 9.79. The Hall–Kier alpha value is -1.78. The highest BCUT2D eigenvalue weighted by Crippen LogP contribution is 2.21. The van der Waals surface area contributed by atoms with Crippen molar-refractivity contribution < 1.29 is 19.0 Å². The Morgan fingerprint density at radius 1 is 1.57 bits per heavy atom. The van der Waals surface area contributed by atoms with Gasteiger partial charge in [-0.2, -0.15) is 0 Å². The summed E-state index contributed by atoms with van der Waals surface area (Å²) in [7, 11) is 0. The van der Waals surface area contributed by atoms with E-state index in [2.05, 4.69) is 0 Å². The highest BCUT2D eigenvalue weighted by atomic mass is 19.1. The van der Waals surface area contributed by atoms with E-state index in [0.717, 1.165) is 0 Å². The van der Waals surface area contributed by atoms with Crippen molar-refractivity contribution in [3.05, 3.63) is 23.8 Å². The molecule has 0 amide bonds. The number of anilines is 1. The molecule has 5 heteroatoms. The number of alkyl halides is 1. The Bertz CT molecular complexity index is 341. The minimum absolute atomic E-state index is 0.0570. The van der Waals surface area contributed by atoms with Crippen molar-refractivity contribution in [3.63, 3.8) is 0 Å². The van der Waals surface area contributed by atoms with Crippen LogP contribution in [0.3, 0.4) is 0 Å². The molecule has 1 aromatic carbocycles. The molecule has 0 atom stereocenters. The zero-order valence-corrected chi connectivity index (χ0v) is 7.37. The average molecular weight is 199 g/mol. The predicted octanol–water partition coefficient (Wildman–Crippen LogP) is 1.32. The number of halogens is 1. The van der Waals surface area contributed by atoms with Crippen molar-refractivity contribution in [2.24, 2.45) is 0 Å². The molecule has 76 valence electrons. The van der Waals surface area contributed by atoms with Crippen LogP contribution in [-0.4, -0.2) is 24.4 Å². The van der Waals surface area contributed by atoms with Crippen LogP contribution >= 0.6 is 0 Å². The highest BCUT2D eigenvalue weighted by Gasteiger charge is 2.11. The zero-order valence-electron chi connectivity index (χ0n) is 7.37. The van der Waals surface area contributed by atoms with Crippen molar-refractivity contribution in [2.75, 3.05) is 19.0 Å². The van der Waals surface area contributed by atoms with Crippen LogP contribution in [0.15, 0.2) is 18.2 Å². The van der Waals surface area contributed by atoms with E-state index in [0.29, 0.717) is 5.69 Å². The van der Waals surface area contributed by atoms with E-state index in [4.69, 9.17) is 15.6 Å². The molecule has 0 bridgehead atoms. The molecule has 0 heterocycles. The van der Waals surface area contributed by atoms with Crippen molar-refractivity contribution in [3.8, 4) is 5.75 Å². The molecule has 3 N–H and O–H groups in total. The Morgan fingerprint density at radius 3 is 2.86 bits per heavy atom. The third-order valence-corrected chi connectivity index (χ3v) is 1.57. The fourth-order valence-electron chi connectivity index (χ4n) is 0.989. The lowest BCUT2D eigenvalue weighted by molar-refractivity contribution is 0.0692. The lowest BCUT2D eigenvalue weighted by atomic mass is 10.2. The second kappa shape index (κ2) is 4.45. The summed E-state index contributed by atoms with van der Waals surface area (Å²) < 4.78 is 16.7. The molecule has 0 radical (unpaired) electrons. The van der Waals surface area contributed by atoms with Crippen LogP contribution < -0.4 is 10.5 Å². The summed E-state index contributed by atoms with van der Waals surface area (Å²) in [4.78, 5) is 10.7. The number of nitrogens with two attached hydrogens (primary N) is 1. The largest absolute Gasteiger partial charge is 0.490 e. The Balaban J connectivity index is 2.96. The van der Waals surface area contributed by atoms with E-state index in [1.807, 2.05) is 0 Å². The number of ether oxygens (including phenoxy) is 1. The summed E-state index contributed by atoms with van der Waals surface area (Å²) in [6, 6.07) is 4.18. The maximum atomic E-state index is 11.8. The molecule has 0 spiro atoms. The minimum Gasteiger partial charge on any atom is -0.490 e. The summed E-state index contributed by atoms with van der Waals surface area (Å²) in [6.45, 7) is -0.826. The van der Waals surface area contributed by atoms with Gasteiger partial charge in [0.15, 0.2) is 0 Å². The molecule has 14 heavy (non-hydrogen) atoms. The second-order valence-electron chi connectivity index (χ2n) is 2.60. The second-order valence-corrected chi connectivity index (χ2v) is 2.60. The summed E-state index contributed by atoms with van der Waals surface area (Å²) in [6.07, 6.45) is 0. The van der Waals surface area contributed by atoms with Crippen LogP contribution in [0.4, 0.5) is 10.1 Å². The van der Waals surface area contributed by atoms with Gasteiger partial charge in [0.05, 0.1) is 0 Å². The molecule has 0 saturated heterocycles. The summed E-state index contributed by atoms with van der Waals surface area (Å²) in [5, 5.41) is 8.76. The zero-order chi connectivity index (χ0) is 10.6. The number of aromatic carboxylic acids is 1. The molecule has 0 aromatic heterocycles. The van der Waals surface area contributed by atoms with E-state index in [1.165, 1.54) is 18.2 Å². The fraction of sp³-hybridized carbons (Fsp3) is 0.222. The number of rotatable bonds is 4. The van der Waals surface area contributed by atoms with Gasteiger partial charge in [-0.25, -0.2) is 9.18 Å². The third kappa shape index (κ3) is 2.35. The van der Waals surface area contributed by atoms with Gasteiger partial charge in [0.25, 0.3) is 0 Å².